The zero-order valence-corrected chi connectivity index (χ0v) is 11.1. The van der Waals surface area contributed by atoms with Crippen molar-refractivity contribution < 1.29 is 4.42 Å². The smallest absolute Gasteiger partial charge is 0.226 e. The lowest BCUT2D eigenvalue weighted by atomic mass is 10.4. The first kappa shape index (κ1) is 12.0. The second kappa shape index (κ2) is 4.89. The van der Waals surface area contributed by atoms with E-state index >= 15 is 0 Å². The van der Waals surface area contributed by atoms with E-state index in [1.54, 1.807) is 12.6 Å². The topological polar surface area (TPSA) is 68.8 Å². The Labute approximate surface area is 114 Å². The van der Waals surface area contributed by atoms with Gasteiger partial charge in [-0.1, -0.05) is 0 Å². The zero-order chi connectivity index (χ0) is 13.2. The average molecular weight is 278 g/mol. The number of halogens is 1. The van der Waals surface area contributed by atoms with E-state index in [2.05, 4.69) is 20.3 Å². The summed E-state index contributed by atoms with van der Waals surface area (Å²) in [6.45, 7) is 3.35. The van der Waals surface area contributed by atoms with Gasteiger partial charge in [-0.15, -0.1) is 0 Å². The van der Waals surface area contributed by atoms with Crippen molar-refractivity contribution in [3.05, 3.63) is 35.8 Å². The molecule has 7 heteroatoms. The highest BCUT2D eigenvalue weighted by molar-refractivity contribution is 6.28. The van der Waals surface area contributed by atoms with Crippen molar-refractivity contribution in [1.29, 1.82) is 0 Å². The Morgan fingerprint density at radius 3 is 3.05 bits per heavy atom. The molecule has 0 saturated heterocycles. The lowest BCUT2D eigenvalue weighted by molar-refractivity contribution is 0.518. The quantitative estimate of drug-likeness (QED) is 0.743. The van der Waals surface area contributed by atoms with Crippen molar-refractivity contribution in [2.75, 3.05) is 5.32 Å². The van der Waals surface area contributed by atoms with Gasteiger partial charge in [0.15, 0.2) is 11.5 Å². The molecule has 1 N–H and O–H groups in total. The van der Waals surface area contributed by atoms with Crippen molar-refractivity contribution in [3.63, 3.8) is 0 Å². The van der Waals surface area contributed by atoms with Gasteiger partial charge < -0.3 is 14.3 Å². The highest BCUT2D eigenvalue weighted by Crippen LogP contribution is 2.22. The predicted octanol–water partition coefficient (Wildman–Crippen LogP) is 2.70. The van der Waals surface area contributed by atoms with E-state index in [0.29, 0.717) is 18.0 Å². The van der Waals surface area contributed by atoms with Crippen LogP contribution in [-0.4, -0.2) is 19.5 Å². The van der Waals surface area contributed by atoms with Crippen LogP contribution in [0.4, 0.5) is 5.82 Å². The van der Waals surface area contributed by atoms with Gasteiger partial charge in [-0.2, -0.15) is 9.97 Å². The maximum atomic E-state index is 5.90. The summed E-state index contributed by atoms with van der Waals surface area (Å²) < 4.78 is 7.24. The van der Waals surface area contributed by atoms with E-state index in [9.17, 15) is 0 Å². The number of aromatic nitrogens is 4. The minimum atomic E-state index is 0.177. The molecule has 6 nitrogen and oxygen atoms in total. The van der Waals surface area contributed by atoms with Gasteiger partial charge in [0.05, 0.1) is 19.1 Å². The average Bonchev–Trinajstić information content (AvgIpc) is 3.04. The van der Waals surface area contributed by atoms with Crippen molar-refractivity contribution in [3.8, 4) is 0 Å². The molecule has 0 atom stereocenters. The maximum absolute atomic E-state index is 5.90. The minimum Gasteiger partial charge on any atom is -0.467 e. The van der Waals surface area contributed by atoms with E-state index in [1.165, 1.54) is 0 Å². The first-order valence-corrected chi connectivity index (χ1v) is 6.30. The molecule has 0 aliphatic carbocycles. The van der Waals surface area contributed by atoms with E-state index in [-0.39, 0.29) is 5.28 Å². The number of hydrogen-bond donors (Lipinski definition) is 1. The van der Waals surface area contributed by atoms with Crippen molar-refractivity contribution in [2.45, 2.75) is 20.0 Å². The molecule has 0 saturated carbocycles. The minimum absolute atomic E-state index is 0.177. The number of fused-ring (bicyclic) bond motifs is 1. The fourth-order valence-corrected chi connectivity index (χ4v) is 2.06. The van der Waals surface area contributed by atoms with E-state index in [4.69, 9.17) is 16.0 Å². The van der Waals surface area contributed by atoms with Crippen LogP contribution < -0.4 is 5.32 Å². The molecule has 0 aromatic carbocycles. The number of anilines is 1. The second-order valence-corrected chi connectivity index (χ2v) is 4.32. The Bertz CT molecular complexity index is 692. The van der Waals surface area contributed by atoms with Gasteiger partial charge in [0, 0.05) is 6.54 Å². The van der Waals surface area contributed by atoms with E-state index in [1.807, 2.05) is 23.6 Å². The summed E-state index contributed by atoms with van der Waals surface area (Å²) in [6.07, 6.45) is 3.36. The maximum Gasteiger partial charge on any atom is 0.226 e. The number of nitrogens with one attached hydrogen (secondary N) is 1. The second-order valence-electron chi connectivity index (χ2n) is 3.98. The lowest BCUT2D eigenvalue weighted by Crippen LogP contribution is -2.05. The molecule has 0 bridgehead atoms. The van der Waals surface area contributed by atoms with Gasteiger partial charge in [-0.25, -0.2) is 4.98 Å². The summed E-state index contributed by atoms with van der Waals surface area (Å²) >= 11 is 5.90. The fraction of sp³-hybridized carbons (Fsp3) is 0.250. The molecule has 0 amide bonds. The molecule has 0 fully saturated rings. The summed E-state index contributed by atoms with van der Waals surface area (Å²) in [5.41, 5.74) is 1.43. The zero-order valence-electron chi connectivity index (χ0n) is 10.3. The Morgan fingerprint density at radius 1 is 1.42 bits per heavy atom. The number of aryl methyl sites for hydroxylation is 1. The van der Waals surface area contributed by atoms with Crippen LogP contribution in [0.2, 0.25) is 5.28 Å². The summed E-state index contributed by atoms with van der Waals surface area (Å²) in [4.78, 5) is 12.6. The number of rotatable bonds is 4. The largest absolute Gasteiger partial charge is 0.467 e. The Morgan fingerprint density at radius 2 is 2.32 bits per heavy atom. The molecule has 3 aromatic rings. The normalized spacial score (nSPS) is 11.1. The lowest BCUT2D eigenvalue weighted by Gasteiger charge is -2.07. The molecular weight excluding hydrogens is 266 g/mol. The molecule has 0 aliphatic heterocycles. The first-order valence-electron chi connectivity index (χ1n) is 5.92. The monoisotopic (exact) mass is 277 g/mol. The fourth-order valence-electron chi connectivity index (χ4n) is 1.90. The van der Waals surface area contributed by atoms with E-state index < -0.39 is 0 Å². The standard InChI is InChI=1S/C12H12ClN5O/c1-2-18-7-15-11-9(18)10(16-12(13)17-11)14-6-8-4-3-5-19-8/h3-5,7H,2,6H2,1H3,(H,14,16,17). The Kier molecular flexibility index (Phi) is 3.08. The Balaban J connectivity index is 1.98. The van der Waals surface area contributed by atoms with Crippen LogP contribution in [-0.2, 0) is 13.1 Å². The summed E-state index contributed by atoms with van der Waals surface area (Å²) in [6, 6.07) is 3.74. The van der Waals surface area contributed by atoms with Crippen LogP contribution in [0.15, 0.2) is 29.1 Å². The molecule has 3 aromatic heterocycles. The molecule has 0 aliphatic rings. The van der Waals surface area contributed by atoms with Crippen LogP contribution in [0.3, 0.4) is 0 Å². The predicted molar refractivity (Wildman–Crippen MR) is 72.0 cm³/mol. The van der Waals surface area contributed by atoms with Gasteiger partial charge in [0.25, 0.3) is 0 Å². The summed E-state index contributed by atoms with van der Waals surface area (Å²) in [5.74, 6) is 1.48. The molecule has 98 valence electrons. The molecule has 0 unspecified atom stereocenters. The van der Waals surface area contributed by atoms with Crippen LogP contribution in [0.5, 0.6) is 0 Å². The number of furan rings is 1. The molecule has 0 radical (unpaired) electrons. The van der Waals surface area contributed by atoms with Crippen LogP contribution in [0.25, 0.3) is 11.2 Å². The SMILES string of the molecule is CCn1cnc2nc(Cl)nc(NCc3ccco3)c21. The van der Waals surface area contributed by atoms with Crippen molar-refractivity contribution in [1.82, 2.24) is 19.5 Å². The van der Waals surface area contributed by atoms with Gasteiger partial charge in [-0.3, -0.25) is 0 Å². The number of nitrogens with zero attached hydrogens (tertiary/aromatic N) is 4. The molecular formula is C12H12ClN5O. The molecule has 19 heavy (non-hydrogen) atoms. The van der Waals surface area contributed by atoms with Gasteiger partial charge in [0.1, 0.15) is 11.3 Å². The third-order valence-corrected chi connectivity index (χ3v) is 2.96. The molecule has 3 rings (SSSR count). The van der Waals surface area contributed by atoms with Crippen LogP contribution in [0, 0.1) is 0 Å². The Hall–Kier alpha value is -2.08. The third kappa shape index (κ3) is 2.26. The first-order chi connectivity index (χ1) is 9.28. The van der Waals surface area contributed by atoms with Crippen LogP contribution >= 0.6 is 11.6 Å². The van der Waals surface area contributed by atoms with Crippen LogP contribution in [0.1, 0.15) is 12.7 Å². The summed E-state index contributed by atoms with van der Waals surface area (Å²) in [7, 11) is 0. The van der Waals surface area contributed by atoms with Gasteiger partial charge in [0.2, 0.25) is 5.28 Å². The third-order valence-electron chi connectivity index (χ3n) is 2.80. The summed E-state index contributed by atoms with van der Waals surface area (Å²) in [5, 5.41) is 3.38. The molecule has 0 spiro atoms. The number of hydrogen-bond acceptors (Lipinski definition) is 5. The van der Waals surface area contributed by atoms with Gasteiger partial charge >= 0.3 is 0 Å². The number of imidazole rings is 1. The highest BCUT2D eigenvalue weighted by atomic mass is 35.5. The molecule has 3 heterocycles. The van der Waals surface area contributed by atoms with Crippen molar-refractivity contribution >= 4 is 28.6 Å². The van der Waals surface area contributed by atoms with Gasteiger partial charge in [-0.05, 0) is 30.7 Å². The van der Waals surface area contributed by atoms with E-state index in [0.717, 1.165) is 17.8 Å². The highest BCUT2D eigenvalue weighted by Gasteiger charge is 2.12. The van der Waals surface area contributed by atoms with Crippen molar-refractivity contribution in [2.24, 2.45) is 0 Å².